The zero-order valence-corrected chi connectivity index (χ0v) is 12.7. The third-order valence-electron chi connectivity index (χ3n) is 3.24. The fraction of sp³-hybridized carbons (Fsp3) is 0.636. The minimum atomic E-state index is 0. The summed E-state index contributed by atoms with van der Waals surface area (Å²) in [6.45, 7) is 6.48. The number of aromatic nitrogens is 2. The van der Waals surface area contributed by atoms with Gasteiger partial charge in [-0.15, -0.1) is 36.6 Å². The van der Waals surface area contributed by atoms with Crippen LogP contribution < -0.4 is 10.2 Å². The molecule has 0 unspecified atom stereocenters. The molecule has 0 amide bonds. The number of rotatable bonds is 1. The van der Waals surface area contributed by atoms with Gasteiger partial charge in [0.15, 0.2) is 0 Å². The summed E-state index contributed by atoms with van der Waals surface area (Å²) in [6, 6.07) is 0. The normalized spacial score (nSPS) is 21.8. The molecule has 0 saturated carbocycles. The van der Waals surface area contributed by atoms with Gasteiger partial charge in [-0.05, 0) is 6.92 Å². The molecule has 1 N–H and O–H groups in total. The monoisotopic (exact) mass is 308 g/mol. The van der Waals surface area contributed by atoms with Gasteiger partial charge >= 0.3 is 0 Å². The van der Waals surface area contributed by atoms with Crippen molar-refractivity contribution in [2.75, 3.05) is 31.1 Å². The zero-order chi connectivity index (χ0) is 11.0. The highest BCUT2D eigenvalue weighted by molar-refractivity contribution is 7.99. The Kier molecular flexibility index (Phi) is 5.98. The first-order chi connectivity index (χ1) is 7.86. The molecular formula is C11H18Cl2N4S. The van der Waals surface area contributed by atoms with Crippen molar-refractivity contribution in [2.24, 2.45) is 0 Å². The molecule has 0 spiro atoms. The lowest BCUT2D eigenvalue weighted by atomic mass is 10.1. The molecule has 3 heterocycles. The average Bonchev–Trinajstić information content (AvgIpc) is 2.73. The molecule has 2 aliphatic heterocycles. The molecule has 1 fully saturated rings. The topological polar surface area (TPSA) is 41.1 Å². The van der Waals surface area contributed by atoms with E-state index in [1.165, 1.54) is 17.1 Å². The maximum absolute atomic E-state index is 4.50. The van der Waals surface area contributed by atoms with Crippen molar-refractivity contribution >= 4 is 42.4 Å². The first kappa shape index (κ1) is 15.8. The molecule has 1 aromatic heterocycles. The summed E-state index contributed by atoms with van der Waals surface area (Å²) in [5, 5.41) is 3.92. The van der Waals surface area contributed by atoms with Gasteiger partial charge in [-0.2, -0.15) is 0 Å². The lowest BCUT2D eigenvalue weighted by Crippen LogP contribution is -2.44. The number of fused-ring (bicyclic) bond motifs is 1. The van der Waals surface area contributed by atoms with Crippen molar-refractivity contribution in [1.82, 2.24) is 15.3 Å². The maximum atomic E-state index is 4.50. The molecule has 0 aromatic carbocycles. The van der Waals surface area contributed by atoms with Crippen LogP contribution in [0.3, 0.4) is 0 Å². The van der Waals surface area contributed by atoms with Crippen molar-refractivity contribution in [3.05, 3.63) is 17.6 Å². The van der Waals surface area contributed by atoms with Crippen molar-refractivity contribution < 1.29 is 0 Å². The Morgan fingerprint density at radius 3 is 2.72 bits per heavy atom. The van der Waals surface area contributed by atoms with Crippen molar-refractivity contribution in [2.45, 2.75) is 17.9 Å². The number of nitrogens with one attached hydrogen (secondary N) is 1. The van der Waals surface area contributed by atoms with Crippen LogP contribution in [-0.2, 0) is 5.75 Å². The number of halogens is 2. The van der Waals surface area contributed by atoms with Crippen molar-refractivity contribution in [3.8, 4) is 0 Å². The minimum absolute atomic E-state index is 0. The van der Waals surface area contributed by atoms with Gasteiger partial charge in [-0.3, -0.25) is 0 Å². The molecule has 1 atom stereocenters. The molecule has 4 nitrogen and oxygen atoms in total. The Balaban J connectivity index is 0.000000810. The van der Waals surface area contributed by atoms with Gasteiger partial charge in [0.2, 0.25) is 0 Å². The van der Waals surface area contributed by atoms with Crippen molar-refractivity contribution in [3.63, 3.8) is 0 Å². The fourth-order valence-corrected chi connectivity index (χ4v) is 3.41. The standard InChI is InChI=1S/C11H16N4S.2ClH/c1-8-10-9(6-16-8)13-7-14-11(10)15-4-2-12-3-5-15;;/h7-8,12H,2-6H2,1H3;2*1H/t8-;;/m1../s1. The Hall–Kier alpha value is -0.230. The highest BCUT2D eigenvalue weighted by Gasteiger charge is 2.27. The second-order valence-electron chi connectivity index (χ2n) is 4.25. The predicted octanol–water partition coefficient (Wildman–Crippen LogP) is 2.04. The van der Waals surface area contributed by atoms with Crippen LogP contribution in [0, 0.1) is 0 Å². The van der Waals surface area contributed by atoms with Crippen LogP contribution in [0.2, 0.25) is 0 Å². The summed E-state index contributed by atoms with van der Waals surface area (Å²) in [5.41, 5.74) is 2.61. The van der Waals surface area contributed by atoms with E-state index in [4.69, 9.17) is 0 Å². The summed E-state index contributed by atoms with van der Waals surface area (Å²) >= 11 is 1.96. The smallest absolute Gasteiger partial charge is 0.136 e. The van der Waals surface area contributed by atoms with E-state index >= 15 is 0 Å². The summed E-state index contributed by atoms with van der Waals surface area (Å²) in [6.07, 6.45) is 1.72. The number of thioether (sulfide) groups is 1. The van der Waals surface area contributed by atoms with Gasteiger partial charge in [0.25, 0.3) is 0 Å². The van der Waals surface area contributed by atoms with Crippen LogP contribution in [0.5, 0.6) is 0 Å². The number of anilines is 1. The third-order valence-corrected chi connectivity index (χ3v) is 4.41. The predicted molar refractivity (Wildman–Crippen MR) is 81.3 cm³/mol. The number of hydrogen-bond acceptors (Lipinski definition) is 5. The van der Waals surface area contributed by atoms with Crippen LogP contribution in [0.15, 0.2) is 6.33 Å². The summed E-state index contributed by atoms with van der Waals surface area (Å²) in [4.78, 5) is 11.3. The highest BCUT2D eigenvalue weighted by atomic mass is 35.5. The van der Waals surface area contributed by atoms with Crippen LogP contribution in [0.25, 0.3) is 0 Å². The van der Waals surface area contributed by atoms with E-state index in [0.29, 0.717) is 5.25 Å². The largest absolute Gasteiger partial charge is 0.354 e. The van der Waals surface area contributed by atoms with E-state index in [0.717, 1.165) is 31.9 Å². The second-order valence-corrected chi connectivity index (χ2v) is 5.58. The van der Waals surface area contributed by atoms with Crippen LogP contribution in [0.1, 0.15) is 23.4 Å². The van der Waals surface area contributed by atoms with Crippen molar-refractivity contribution in [1.29, 1.82) is 0 Å². The van der Waals surface area contributed by atoms with Gasteiger partial charge < -0.3 is 10.2 Å². The first-order valence-corrected chi connectivity index (χ1v) is 6.82. The van der Waals surface area contributed by atoms with E-state index in [-0.39, 0.29) is 24.8 Å². The van der Waals surface area contributed by atoms with Crippen LogP contribution >= 0.6 is 36.6 Å². The molecule has 1 aromatic rings. The Morgan fingerprint density at radius 1 is 1.28 bits per heavy atom. The number of nitrogens with zero attached hydrogens (tertiary/aromatic N) is 3. The molecule has 2 aliphatic rings. The maximum Gasteiger partial charge on any atom is 0.136 e. The van der Waals surface area contributed by atoms with E-state index < -0.39 is 0 Å². The van der Waals surface area contributed by atoms with Gasteiger partial charge in [0.05, 0.1) is 5.69 Å². The molecule has 0 radical (unpaired) electrons. The zero-order valence-electron chi connectivity index (χ0n) is 10.3. The molecule has 18 heavy (non-hydrogen) atoms. The van der Waals surface area contributed by atoms with E-state index in [1.54, 1.807) is 6.33 Å². The van der Waals surface area contributed by atoms with E-state index in [1.807, 2.05) is 11.8 Å². The first-order valence-electron chi connectivity index (χ1n) is 5.77. The molecule has 0 bridgehead atoms. The van der Waals surface area contributed by atoms with Gasteiger partial charge in [0, 0.05) is 42.7 Å². The quantitative estimate of drug-likeness (QED) is 0.860. The fourth-order valence-electron chi connectivity index (χ4n) is 2.37. The molecule has 7 heteroatoms. The number of piperazine rings is 1. The molecular weight excluding hydrogens is 291 g/mol. The van der Waals surface area contributed by atoms with Crippen LogP contribution in [0.4, 0.5) is 5.82 Å². The molecule has 102 valence electrons. The SMILES string of the molecule is C[C@H]1SCc2ncnc(N3CCNCC3)c21.Cl.Cl. The van der Waals surface area contributed by atoms with Gasteiger partial charge in [0.1, 0.15) is 12.1 Å². The summed E-state index contributed by atoms with van der Waals surface area (Å²) < 4.78 is 0. The van der Waals surface area contributed by atoms with Gasteiger partial charge in [-0.1, -0.05) is 0 Å². The lowest BCUT2D eigenvalue weighted by molar-refractivity contribution is 0.582. The van der Waals surface area contributed by atoms with E-state index in [2.05, 4.69) is 27.1 Å². The Morgan fingerprint density at radius 2 is 2.00 bits per heavy atom. The molecule has 3 rings (SSSR count). The van der Waals surface area contributed by atoms with Gasteiger partial charge in [-0.25, -0.2) is 9.97 Å². The lowest BCUT2D eigenvalue weighted by Gasteiger charge is -2.30. The van der Waals surface area contributed by atoms with E-state index in [9.17, 15) is 0 Å². The summed E-state index contributed by atoms with van der Waals surface area (Å²) in [7, 11) is 0. The summed E-state index contributed by atoms with van der Waals surface area (Å²) in [5.74, 6) is 2.21. The molecule has 1 saturated heterocycles. The number of hydrogen-bond donors (Lipinski definition) is 1. The van der Waals surface area contributed by atoms with Crippen LogP contribution in [-0.4, -0.2) is 36.1 Å². The minimum Gasteiger partial charge on any atom is -0.354 e. The third kappa shape index (κ3) is 2.85. The highest BCUT2D eigenvalue weighted by Crippen LogP contribution is 2.43. The Bertz CT molecular complexity index is 399. The average molecular weight is 309 g/mol. The second kappa shape index (κ2) is 6.80. The Labute approximate surface area is 124 Å². The molecule has 0 aliphatic carbocycles.